The van der Waals surface area contributed by atoms with Crippen LogP contribution in [0.3, 0.4) is 0 Å². The van der Waals surface area contributed by atoms with Gasteiger partial charge in [-0.2, -0.15) is 26.7 Å². The number of hydrazine groups is 2. The van der Waals surface area contributed by atoms with E-state index in [4.69, 9.17) is 0 Å². The van der Waals surface area contributed by atoms with Gasteiger partial charge in [0.1, 0.15) is 9.74 Å². The fourth-order valence-corrected chi connectivity index (χ4v) is 0.350. The van der Waals surface area contributed by atoms with Gasteiger partial charge < -0.3 is 5.73 Å². The molecular weight excluding hydrogens is 521 g/mol. The fraction of sp³-hybridized carbons (Fsp3) is 0.750. The predicted octanol–water partition coefficient (Wildman–Crippen LogP) is 6.32. The summed E-state index contributed by atoms with van der Waals surface area (Å²) in [5.41, 5.74) is 8.66. The van der Waals surface area contributed by atoms with Crippen LogP contribution in [0.2, 0.25) is 0 Å². The molecule has 35 heavy (non-hydrogen) atoms. The van der Waals surface area contributed by atoms with Crippen molar-refractivity contribution >= 4 is 6.01 Å². The second kappa shape index (κ2) is 95.0. The van der Waals surface area contributed by atoms with Crippen LogP contribution in [0.25, 0.3) is 0 Å². The number of nitrogens with one attached hydrogen (secondary N) is 2. The Morgan fingerprint density at radius 3 is 0.971 bits per heavy atom. The molecule has 0 saturated carbocycles. The molecule has 0 aliphatic carbocycles. The van der Waals surface area contributed by atoms with Gasteiger partial charge in [0.15, 0.2) is 0 Å². The zero-order valence-electron chi connectivity index (χ0n) is 21.1. The van der Waals surface area contributed by atoms with Gasteiger partial charge in [0.25, 0.3) is 0 Å². The van der Waals surface area contributed by atoms with Crippen LogP contribution in [0.5, 0.6) is 0 Å². The first-order valence-electron chi connectivity index (χ1n) is 8.39. The molecule has 1 radical (unpaired) electrons. The Bertz CT molecular complexity index is 536. The maximum atomic E-state index is 9.62. The standard InChI is InChI=1S/C6H9.C4H6.C3H6N2.2C2H7N2O.C2H6N2.5CH4.Y/c1-4-5-6(2)3;1-3-4-2;1-4-3-5-2;2*1-3-4(2)5;1-3-4-2;;;;;;/h1-3H3;1-2H3;1-2H3;2*1-2H3,(H,3,5);1-2H3;5*1H4;/q-1;;;2*+1;;;;;;;. The predicted molar refractivity (Wildman–Crippen MR) is 156 cm³/mol. The van der Waals surface area contributed by atoms with Crippen molar-refractivity contribution in [3.8, 4) is 11.8 Å². The van der Waals surface area contributed by atoms with Crippen LogP contribution in [0.4, 0.5) is 0 Å². The van der Waals surface area contributed by atoms with Gasteiger partial charge in [-0.25, -0.2) is 16.1 Å². The van der Waals surface area contributed by atoms with Crippen LogP contribution in [-0.4, -0.2) is 72.1 Å². The Hall–Kier alpha value is -2.04. The molecule has 0 unspecified atom stereocenters. The van der Waals surface area contributed by atoms with Gasteiger partial charge in [-0.3, -0.25) is 0 Å². The maximum Gasteiger partial charge on any atom is 0.215 e. The Balaban J connectivity index is -0.0000000176. The summed E-state index contributed by atoms with van der Waals surface area (Å²) in [5, 5.41) is 6.72. The third-order valence-corrected chi connectivity index (χ3v) is 1.65. The molecule has 0 atom stereocenters. The molecule has 0 aromatic rings. The molecule has 0 aliphatic rings. The van der Waals surface area contributed by atoms with Crippen LogP contribution in [0.15, 0.2) is 31.5 Å². The van der Waals surface area contributed by atoms with E-state index in [1.165, 1.54) is 19.7 Å². The maximum absolute atomic E-state index is 9.62. The van der Waals surface area contributed by atoms with E-state index in [9.17, 15) is 9.81 Å². The average Bonchev–Trinajstić information content (AvgIpc) is 2.70. The Labute approximate surface area is 245 Å². The van der Waals surface area contributed by atoms with E-state index in [-0.39, 0.29) is 69.8 Å². The third kappa shape index (κ3) is 357. The molecule has 0 aromatic heterocycles. The average molecular weight is 583 g/mol. The number of hydrogen-bond donors (Lipinski definition) is 2. The van der Waals surface area contributed by atoms with Crippen molar-refractivity contribution in [2.45, 2.75) is 71.8 Å². The number of hydrogen-bond acceptors (Lipinski definition) is 6. The second-order valence-electron chi connectivity index (χ2n) is 4.26. The van der Waals surface area contributed by atoms with Crippen molar-refractivity contribution in [1.29, 1.82) is 0 Å². The summed E-state index contributed by atoms with van der Waals surface area (Å²) < 4.78 is 0. The van der Waals surface area contributed by atoms with E-state index in [2.05, 4.69) is 60.7 Å². The minimum absolute atomic E-state index is 0. The third-order valence-electron chi connectivity index (χ3n) is 1.65. The number of aliphatic imine (C=N–C) groups is 2. The first-order valence-corrected chi connectivity index (χ1v) is 8.39. The van der Waals surface area contributed by atoms with Gasteiger partial charge in [-0.1, -0.05) is 37.1 Å². The quantitative estimate of drug-likeness (QED) is 0.0755. The van der Waals surface area contributed by atoms with E-state index in [0.29, 0.717) is 9.74 Å². The van der Waals surface area contributed by atoms with E-state index in [0.717, 1.165) is 0 Å². The van der Waals surface area contributed by atoms with E-state index < -0.39 is 0 Å². The summed E-state index contributed by atoms with van der Waals surface area (Å²) in [6.07, 6.45) is 2.78. The van der Waals surface area contributed by atoms with Gasteiger partial charge in [-0.05, 0) is 13.8 Å². The zero-order chi connectivity index (χ0) is 24.5. The van der Waals surface area contributed by atoms with Crippen molar-refractivity contribution in [3.05, 3.63) is 27.2 Å². The molecule has 0 amide bonds. The molecule has 0 aromatic carbocycles. The van der Waals surface area contributed by atoms with Crippen molar-refractivity contribution < 1.29 is 42.4 Å². The van der Waals surface area contributed by atoms with Crippen LogP contribution < -0.4 is 10.9 Å². The largest absolute Gasteiger partial charge is 0.333 e. The van der Waals surface area contributed by atoms with Gasteiger partial charge in [-0.15, -0.1) is 32.6 Å². The van der Waals surface area contributed by atoms with Crippen molar-refractivity contribution in [3.63, 3.8) is 0 Å². The number of nitrogens with zero attached hydrogens (tertiary/aromatic N) is 6. The van der Waals surface area contributed by atoms with Crippen molar-refractivity contribution in [2.24, 2.45) is 20.2 Å². The summed E-state index contributed by atoms with van der Waals surface area (Å²) in [7, 11) is 12.4. The summed E-state index contributed by atoms with van der Waals surface area (Å²) >= 11 is 0. The molecule has 0 fully saturated rings. The van der Waals surface area contributed by atoms with E-state index >= 15 is 0 Å². The smallest absolute Gasteiger partial charge is 0.215 e. The second-order valence-corrected chi connectivity index (χ2v) is 4.26. The van der Waals surface area contributed by atoms with Crippen molar-refractivity contribution in [2.75, 3.05) is 56.4 Å². The minimum Gasteiger partial charge on any atom is -0.333 e. The summed E-state index contributed by atoms with van der Waals surface area (Å²) in [5.74, 6) is 5.36. The Morgan fingerprint density at radius 1 is 0.743 bits per heavy atom. The molecule has 2 N–H and O–H groups in total. The monoisotopic (exact) mass is 582 g/mol. The Kier molecular flexibility index (Phi) is 208. The number of azo groups is 1. The summed E-state index contributed by atoms with van der Waals surface area (Å²) in [6.45, 7) is 9.47. The fourth-order valence-electron chi connectivity index (χ4n) is 0.350. The van der Waals surface area contributed by atoms with Crippen LogP contribution in [0, 0.1) is 27.7 Å². The van der Waals surface area contributed by atoms with Crippen LogP contribution in [0.1, 0.15) is 71.8 Å². The molecule has 0 aliphatic heterocycles. The molecule has 0 rings (SSSR count). The molecule has 211 valence electrons. The van der Waals surface area contributed by atoms with Crippen molar-refractivity contribution in [1.82, 2.24) is 10.9 Å². The summed E-state index contributed by atoms with van der Waals surface area (Å²) in [6, 6.07) is 2.36. The number of nitroso groups, excluding NO2 is 2. The van der Waals surface area contributed by atoms with Gasteiger partial charge in [0.2, 0.25) is 14.1 Å². The number of allylic oxidation sites excluding steroid dienone is 1. The molecule has 0 spiro atoms. The molecular formula is C24H61N8O2Y+. The van der Waals surface area contributed by atoms with E-state index in [1.807, 2.05) is 34.6 Å². The number of rotatable bonds is 2. The topological polar surface area (TPSA) is 114 Å². The molecule has 11 heteroatoms. The molecule has 10 nitrogen and oxygen atoms in total. The van der Waals surface area contributed by atoms with Gasteiger partial charge >= 0.3 is 0 Å². The zero-order valence-corrected chi connectivity index (χ0v) is 23.9. The molecule has 0 saturated heterocycles. The SMILES string of the molecule is C.C.C.C.C.CC#CC.CN=C=NC.CN=NC.CN[N+](C)=O.CN[N+](C)=O.C[C-]=C=C(C)C.[Y]. The van der Waals surface area contributed by atoms with E-state index in [1.54, 1.807) is 42.3 Å². The first-order chi connectivity index (χ1) is 13.6. The summed E-state index contributed by atoms with van der Waals surface area (Å²) in [4.78, 5) is 27.4. The van der Waals surface area contributed by atoms with Crippen LogP contribution >= 0.6 is 0 Å². The first kappa shape index (κ1) is 76.6. The normalized spacial score (nSPS) is 5.29. The van der Waals surface area contributed by atoms with Crippen LogP contribution in [-0.2, 0) is 32.7 Å². The van der Waals surface area contributed by atoms with Gasteiger partial charge in [0.05, 0.1) is 29.9 Å². The Morgan fingerprint density at radius 2 is 0.971 bits per heavy atom. The molecule has 0 heterocycles. The minimum atomic E-state index is 0. The van der Waals surface area contributed by atoms with Gasteiger partial charge in [0, 0.05) is 60.9 Å². The molecule has 0 bridgehead atoms.